The highest BCUT2D eigenvalue weighted by Gasteiger charge is 2.23. The van der Waals surface area contributed by atoms with Crippen molar-refractivity contribution in [2.24, 2.45) is 0 Å². The second kappa shape index (κ2) is 7.66. The lowest BCUT2D eigenvalue weighted by atomic mass is 10.0. The highest BCUT2D eigenvalue weighted by molar-refractivity contribution is 7.21. The van der Waals surface area contributed by atoms with Crippen LogP contribution in [0.15, 0.2) is 36.4 Å². The van der Waals surface area contributed by atoms with E-state index in [1.165, 1.54) is 22.5 Å². The summed E-state index contributed by atoms with van der Waals surface area (Å²) >= 11 is 1.33. The van der Waals surface area contributed by atoms with Crippen molar-refractivity contribution < 1.29 is 9.53 Å². The molecular formula is C21H23N3O2S. The lowest BCUT2D eigenvalue weighted by molar-refractivity contribution is 0.0512. The Morgan fingerprint density at radius 1 is 1.33 bits per heavy atom. The molecule has 1 aliphatic rings. The van der Waals surface area contributed by atoms with Gasteiger partial charge in [-0.25, -0.2) is 9.78 Å². The van der Waals surface area contributed by atoms with Gasteiger partial charge in [0, 0.05) is 37.1 Å². The van der Waals surface area contributed by atoms with Crippen LogP contribution in [0.2, 0.25) is 0 Å². The Bertz CT molecular complexity index is 968. The molecule has 0 bridgehead atoms. The average molecular weight is 382 g/mol. The fraction of sp³-hybridized carbons (Fsp3) is 0.333. The van der Waals surface area contributed by atoms with Crippen molar-refractivity contribution in [2.75, 3.05) is 18.9 Å². The maximum atomic E-state index is 12.2. The molecule has 0 unspecified atom stereocenters. The molecule has 3 aromatic rings. The number of ether oxygens (including phenoxy) is 1. The molecule has 0 amide bonds. The Hall–Kier alpha value is -2.44. The molecule has 0 fully saturated rings. The van der Waals surface area contributed by atoms with Crippen LogP contribution < -0.4 is 5.73 Å². The second-order valence-electron chi connectivity index (χ2n) is 6.87. The minimum Gasteiger partial charge on any atom is -0.461 e. The van der Waals surface area contributed by atoms with Crippen LogP contribution in [-0.2, 0) is 24.2 Å². The molecule has 0 spiro atoms. The molecule has 0 saturated heterocycles. The quantitative estimate of drug-likeness (QED) is 0.677. The Balaban J connectivity index is 1.59. The molecule has 2 aromatic heterocycles. The molecule has 3 heterocycles. The summed E-state index contributed by atoms with van der Waals surface area (Å²) < 4.78 is 5.25. The molecule has 4 rings (SSSR count). The van der Waals surface area contributed by atoms with Crippen LogP contribution in [0.3, 0.4) is 0 Å². The number of nitrogens with two attached hydrogens (primary N) is 1. The van der Waals surface area contributed by atoms with Crippen molar-refractivity contribution in [3.05, 3.63) is 58.1 Å². The lowest BCUT2D eigenvalue weighted by Gasteiger charge is -2.28. The molecule has 0 radical (unpaired) electrons. The number of nitrogen functional groups attached to an aromatic ring is 1. The third-order valence-corrected chi connectivity index (χ3v) is 5.92. The predicted molar refractivity (Wildman–Crippen MR) is 109 cm³/mol. The maximum absolute atomic E-state index is 12.2. The van der Waals surface area contributed by atoms with E-state index in [0.717, 1.165) is 48.4 Å². The number of aromatic nitrogens is 1. The molecule has 27 heavy (non-hydrogen) atoms. The number of fused-ring (bicyclic) bond motifs is 2. The number of hydrogen-bond acceptors (Lipinski definition) is 6. The number of hydrogen-bond donors (Lipinski definition) is 1. The Morgan fingerprint density at radius 3 is 2.93 bits per heavy atom. The van der Waals surface area contributed by atoms with Gasteiger partial charge in [-0.15, -0.1) is 11.3 Å². The van der Waals surface area contributed by atoms with Gasteiger partial charge in [-0.3, -0.25) is 4.90 Å². The van der Waals surface area contributed by atoms with Gasteiger partial charge < -0.3 is 10.5 Å². The molecule has 140 valence electrons. The van der Waals surface area contributed by atoms with Crippen molar-refractivity contribution in [1.82, 2.24) is 9.88 Å². The molecule has 0 saturated carbocycles. The monoisotopic (exact) mass is 381 g/mol. The molecule has 2 N–H and O–H groups in total. The highest BCUT2D eigenvalue weighted by Crippen LogP contribution is 2.35. The van der Waals surface area contributed by atoms with Gasteiger partial charge in [0.2, 0.25) is 0 Å². The number of pyridine rings is 1. The van der Waals surface area contributed by atoms with Crippen molar-refractivity contribution >= 4 is 33.2 Å². The van der Waals surface area contributed by atoms with E-state index in [1.807, 2.05) is 13.0 Å². The number of carbonyl (C=O) groups is 1. The van der Waals surface area contributed by atoms with Gasteiger partial charge >= 0.3 is 5.97 Å². The Kier molecular flexibility index (Phi) is 5.09. The molecular weight excluding hydrogens is 358 g/mol. The molecule has 1 aromatic carbocycles. The zero-order valence-corrected chi connectivity index (χ0v) is 16.2. The summed E-state index contributed by atoms with van der Waals surface area (Å²) in [7, 11) is 0. The number of nitrogens with zero attached hydrogens (tertiary/aromatic N) is 2. The highest BCUT2D eigenvalue weighted by atomic mass is 32.1. The van der Waals surface area contributed by atoms with Crippen molar-refractivity contribution in [2.45, 2.75) is 32.9 Å². The fourth-order valence-electron chi connectivity index (χ4n) is 3.44. The normalized spacial score (nSPS) is 14.3. The summed E-state index contributed by atoms with van der Waals surface area (Å²) in [5.41, 5.74) is 10.4. The summed E-state index contributed by atoms with van der Waals surface area (Å²) in [6.45, 7) is 5.13. The van der Waals surface area contributed by atoms with Crippen LogP contribution in [0.1, 0.15) is 39.8 Å². The molecule has 6 heteroatoms. The van der Waals surface area contributed by atoms with E-state index in [2.05, 4.69) is 35.2 Å². The summed E-state index contributed by atoms with van der Waals surface area (Å²) in [6, 6.07) is 12.6. The Morgan fingerprint density at radius 2 is 2.15 bits per heavy atom. The minimum atomic E-state index is -0.346. The maximum Gasteiger partial charge on any atom is 0.350 e. The average Bonchev–Trinajstić information content (AvgIpc) is 3.01. The number of carbonyl (C=O) groups excluding carboxylic acids is 1. The first kappa shape index (κ1) is 17.9. The van der Waals surface area contributed by atoms with Gasteiger partial charge in [0.25, 0.3) is 0 Å². The largest absolute Gasteiger partial charge is 0.461 e. The number of anilines is 1. The summed E-state index contributed by atoms with van der Waals surface area (Å²) in [6.07, 6.45) is 1.70. The number of esters is 1. The van der Waals surface area contributed by atoms with E-state index in [4.69, 9.17) is 15.5 Å². The summed E-state index contributed by atoms with van der Waals surface area (Å²) in [4.78, 5) is 20.8. The number of thiophene rings is 1. The first-order chi connectivity index (χ1) is 13.2. The predicted octanol–water partition coefficient (Wildman–Crippen LogP) is 4.00. The van der Waals surface area contributed by atoms with Gasteiger partial charge in [-0.1, -0.05) is 37.3 Å². The molecule has 5 nitrogen and oxygen atoms in total. The van der Waals surface area contributed by atoms with Crippen LogP contribution in [0, 0.1) is 0 Å². The van der Waals surface area contributed by atoms with Crippen molar-refractivity contribution in [3.63, 3.8) is 0 Å². The zero-order valence-electron chi connectivity index (χ0n) is 15.4. The van der Waals surface area contributed by atoms with E-state index >= 15 is 0 Å². The van der Waals surface area contributed by atoms with Gasteiger partial charge in [-0.2, -0.15) is 0 Å². The van der Waals surface area contributed by atoms with Crippen LogP contribution >= 0.6 is 11.3 Å². The van der Waals surface area contributed by atoms with Crippen LogP contribution in [0.25, 0.3) is 10.2 Å². The SMILES string of the molecule is CCCOC(=O)c1sc2nc3c(cc2c1N)CN(Cc1ccccc1)CC3. The van der Waals surface area contributed by atoms with Gasteiger partial charge in [-0.05, 0) is 23.6 Å². The first-order valence-electron chi connectivity index (χ1n) is 9.30. The third-order valence-electron chi connectivity index (χ3n) is 4.82. The number of benzene rings is 1. The van der Waals surface area contributed by atoms with E-state index in [1.54, 1.807) is 0 Å². The van der Waals surface area contributed by atoms with Crippen molar-refractivity contribution in [1.29, 1.82) is 0 Å². The Labute approximate surface area is 162 Å². The summed E-state index contributed by atoms with van der Waals surface area (Å²) in [5.74, 6) is -0.346. The number of rotatable bonds is 5. The lowest BCUT2D eigenvalue weighted by Crippen LogP contribution is -2.30. The van der Waals surface area contributed by atoms with E-state index in [0.29, 0.717) is 17.2 Å². The smallest absolute Gasteiger partial charge is 0.350 e. The van der Waals surface area contributed by atoms with Crippen LogP contribution in [-0.4, -0.2) is 29.0 Å². The fourth-order valence-corrected chi connectivity index (χ4v) is 4.43. The summed E-state index contributed by atoms with van der Waals surface area (Å²) in [5, 5.41) is 0.865. The van der Waals surface area contributed by atoms with Crippen molar-refractivity contribution in [3.8, 4) is 0 Å². The van der Waals surface area contributed by atoms with E-state index in [-0.39, 0.29) is 5.97 Å². The topological polar surface area (TPSA) is 68.4 Å². The second-order valence-corrected chi connectivity index (χ2v) is 7.87. The van der Waals surface area contributed by atoms with Crippen LogP contribution in [0.5, 0.6) is 0 Å². The zero-order chi connectivity index (χ0) is 18.8. The van der Waals surface area contributed by atoms with E-state index < -0.39 is 0 Å². The van der Waals surface area contributed by atoms with Crippen LogP contribution in [0.4, 0.5) is 5.69 Å². The van der Waals surface area contributed by atoms with Gasteiger partial charge in [0.1, 0.15) is 9.71 Å². The minimum absolute atomic E-state index is 0.346. The molecule has 1 aliphatic heterocycles. The molecule has 0 atom stereocenters. The standard InChI is InChI=1S/C21H23N3O2S/c1-2-10-26-21(25)19-18(22)16-11-15-13-24(12-14-6-4-3-5-7-14)9-8-17(15)23-20(16)27-19/h3-7,11H,2,8-10,12-13,22H2,1H3. The third kappa shape index (κ3) is 3.68. The molecule has 0 aliphatic carbocycles. The van der Waals surface area contributed by atoms with E-state index in [9.17, 15) is 4.79 Å². The van der Waals surface area contributed by atoms with Gasteiger partial charge in [0.05, 0.1) is 12.3 Å². The first-order valence-corrected chi connectivity index (χ1v) is 10.1. The van der Waals surface area contributed by atoms with Gasteiger partial charge in [0.15, 0.2) is 0 Å².